The van der Waals surface area contributed by atoms with Crippen LogP contribution in [0.4, 0.5) is 5.95 Å². The Morgan fingerprint density at radius 1 is 1.39 bits per heavy atom. The number of ether oxygens (including phenoxy) is 1. The van der Waals surface area contributed by atoms with E-state index in [1.54, 1.807) is 7.11 Å². The van der Waals surface area contributed by atoms with Gasteiger partial charge in [-0.05, 0) is 36.2 Å². The maximum atomic E-state index is 11.8. The molecule has 1 N–H and O–H groups in total. The molecule has 0 saturated heterocycles. The number of hydrogen-bond acceptors (Lipinski definition) is 5. The molecule has 9 heteroatoms. The minimum atomic E-state index is -0.164. The van der Waals surface area contributed by atoms with Gasteiger partial charge in [-0.15, -0.1) is 10.2 Å². The number of rotatable bonds is 7. The van der Waals surface area contributed by atoms with Crippen LogP contribution in [-0.2, 0) is 4.79 Å². The van der Waals surface area contributed by atoms with Crippen molar-refractivity contribution in [2.75, 3.05) is 25.1 Å². The number of hydrogen-bond donors (Lipinski definition) is 1. The second kappa shape index (κ2) is 7.81. The molecular formula is C14H17N7O2. The summed E-state index contributed by atoms with van der Waals surface area (Å²) in [5.41, 5.74) is 9.10. The maximum Gasteiger partial charge on any atom is 0.231 e. The van der Waals surface area contributed by atoms with E-state index in [4.69, 9.17) is 10.3 Å². The Bertz CT molecular complexity index is 704. The maximum absolute atomic E-state index is 11.8. The van der Waals surface area contributed by atoms with Crippen LogP contribution in [0.5, 0.6) is 5.75 Å². The van der Waals surface area contributed by atoms with Crippen molar-refractivity contribution in [1.82, 2.24) is 15.2 Å². The van der Waals surface area contributed by atoms with Crippen molar-refractivity contribution in [3.63, 3.8) is 0 Å². The van der Waals surface area contributed by atoms with Crippen molar-refractivity contribution < 1.29 is 9.53 Å². The summed E-state index contributed by atoms with van der Waals surface area (Å²) in [5, 5.41) is 11.5. The van der Waals surface area contributed by atoms with Gasteiger partial charge in [0, 0.05) is 30.5 Å². The lowest BCUT2D eigenvalue weighted by molar-refractivity contribution is -0.116. The fraction of sp³-hybridized carbons (Fsp3) is 0.357. The molecule has 0 aliphatic carbocycles. The van der Waals surface area contributed by atoms with E-state index < -0.39 is 0 Å². The highest BCUT2D eigenvalue weighted by molar-refractivity contribution is 5.89. The van der Waals surface area contributed by atoms with E-state index in [1.165, 1.54) is 11.8 Å². The summed E-state index contributed by atoms with van der Waals surface area (Å²) in [5.74, 6) is 1.51. The van der Waals surface area contributed by atoms with Crippen LogP contribution >= 0.6 is 0 Å². The lowest BCUT2D eigenvalue weighted by Gasteiger charge is -2.16. The summed E-state index contributed by atoms with van der Waals surface area (Å²) in [6, 6.07) is 7.34. The standard InChI is InChI=1S/C14H17N7O2/c1-10(22)21(9-3-8-16-20-15)14-17-13(18-19-14)11-4-6-12(23-2)7-5-11/h4-7H,3,8-9H2,1-2H3,(H,17,18,19). The van der Waals surface area contributed by atoms with E-state index in [9.17, 15) is 4.79 Å². The summed E-state index contributed by atoms with van der Waals surface area (Å²) in [7, 11) is 1.60. The molecule has 0 radical (unpaired) electrons. The van der Waals surface area contributed by atoms with Gasteiger partial charge in [-0.3, -0.25) is 9.69 Å². The van der Waals surface area contributed by atoms with Gasteiger partial charge in [-0.1, -0.05) is 5.11 Å². The number of carbonyl (C=O) groups is 1. The zero-order chi connectivity index (χ0) is 16.7. The third kappa shape index (κ3) is 4.21. The number of aromatic nitrogens is 3. The molecule has 9 nitrogen and oxygen atoms in total. The Morgan fingerprint density at radius 2 is 2.13 bits per heavy atom. The molecule has 1 heterocycles. The molecular weight excluding hydrogens is 298 g/mol. The minimum Gasteiger partial charge on any atom is -0.497 e. The average Bonchev–Trinajstić information content (AvgIpc) is 3.04. The zero-order valence-corrected chi connectivity index (χ0v) is 12.9. The van der Waals surface area contributed by atoms with Crippen LogP contribution in [0.2, 0.25) is 0 Å². The molecule has 1 aromatic carbocycles. The van der Waals surface area contributed by atoms with E-state index in [0.29, 0.717) is 31.3 Å². The van der Waals surface area contributed by atoms with E-state index in [1.807, 2.05) is 24.3 Å². The molecule has 0 spiro atoms. The largest absolute Gasteiger partial charge is 0.497 e. The number of carbonyl (C=O) groups excluding carboxylic acids is 1. The van der Waals surface area contributed by atoms with Crippen LogP contribution in [0.25, 0.3) is 21.8 Å². The molecule has 2 aromatic rings. The summed E-state index contributed by atoms with van der Waals surface area (Å²) >= 11 is 0. The first kappa shape index (κ1) is 16.3. The summed E-state index contributed by atoms with van der Waals surface area (Å²) in [4.78, 5) is 18.9. The van der Waals surface area contributed by atoms with Gasteiger partial charge in [-0.2, -0.15) is 0 Å². The number of nitrogens with zero attached hydrogens (tertiary/aromatic N) is 6. The van der Waals surface area contributed by atoms with Crippen molar-refractivity contribution in [2.45, 2.75) is 13.3 Å². The lowest BCUT2D eigenvalue weighted by atomic mass is 10.2. The number of nitrogens with one attached hydrogen (secondary N) is 1. The monoisotopic (exact) mass is 315 g/mol. The molecule has 23 heavy (non-hydrogen) atoms. The van der Waals surface area contributed by atoms with Gasteiger partial charge < -0.3 is 9.72 Å². The quantitative estimate of drug-likeness (QED) is 0.365. The van der Waals surface area contributed by atoms with Gasteiger partial charge >= 0.3 is 0 Å². The van der Waals surface area contributed by atoms with Crippen molar-refractivity contribution >= 4 is 11.9 Å². The van der Waals surface area contributed by atoms with Crippen LogP contribution < -0.4 is 9.64 Å². The van der Waals surface area contributed by atoms with Gasteiger partial charge in [0.2, 0.25) is 11.9 Å². The molecule has 1 aromatic heterocycles. The van der Waals surface area contributed by atoms with Crippen LogP contribution in [-0.4, -0.2) is 41.3 Å². The van der Waals surface area contributed by atoms with Crippen molar-refractivity contribution in [2.24, 2.45) is 5.11 Å². The Morgan fingerprint density at radius 3 is 2.74 bits per heavy atom. The molecule has 0 saturated carbocycles. The highest BCUT2D eigenvalue weighted by Gasteiger charge is 2.16. The summed E-state index contributed by atoms with van der Waals surface area (Å²) in [6.07, 6.45) is 0.544. The zero-order valence-electron chi connectivity index (χ0n) is 12.9. The summed E-state index contributed by atoms with van der Waals surface area (Å²) < 4.78 is 5.11. The average molecular weight is 315 g/mol. The SMILES string of the molecule is COc1ccc(-c2nnc(N(CCCN=[N+]=[N-])C(C)=O)[nH]2)cc1. The van der Waals surface area contributed by atoms with Crippen LogP contribution in [0.15, 0.2) is 29.4 Å². The highest BCUT2D eigenvalue weighted by atomic mass is 16.5. The van der Waals surface area contributed by atoms with E-state index in [0.717, 1.165) is 11.3 Å². The first-order valence-electron chi connectivity index (χ1n) is 7.01. The van der Waals surface area contributed by atoms with E-state index in [-0.39, 0.29) is 5.91 Å². The third-order valence-corrected chi connectivity index (χ3v) is 3.18. The molecule has 0 aliphatic rings. The van der Waals surface area contributed by atoms with Crippen molar-refractivity contribution in [1.29, 1.82) is 0 Å². The second-order valence-electron chi connectivity index (χ2n) is 4.70. The first-order valence-corrected chi connectivity index (χ1v) is 7.01. The molecule has 1 amide bonds. The molecule has 120 valence electrons. The van der Waals surface area contributed by atoms with E-state index >= 15 is 0 Å². The second-order valence-corrected chi connectivity index (χ2v) is 4.70. The lowest BCUT2D eigenvalue weighted by Crippen LogP contribution is -2.30. The smallest absolute Gasteiger partial charge is 0.231 e. The number of amides is 1. The number of aromatic amines is 1. The Kier molecular flexibility index (Phi) is 5.54. The fourth-order valence-corrected chi connectivity index (χ4v) is 2.01. The van der Waals surface area contributed by atoms with Crippen LogP contribution in [0.3, 0.4) is 0 Å². The molecule has 2 rings (SSSR count). The number of methoxy groups -OCH3 is 1. The molecule has 0 atom stereocenters. The van der Waals surface area contributed by atoms with Crippen molar-refractivity contribution in [3.8, 4) is 17.1 Å². The Hall–Kier alpha value is -3.06. The normalized spacial score (nSPS) is 10.0. The van der Waals surface area contributed by atoms with E-state index in [2.05, 4.69) is 25.2 Å². The van der Waals surface area contributed by atoms with Gasteiger partial charge in [0.25, 0.3) is 0 Å². The minimum absolute atomic E-state index is 0.164. The van der Waals surface area contributed by atoms with Crippen molar-refractivity contribution in [3.05, 3.63) is 34.7 Å². The summed E-state index contributed by atoms with van der Waals surface area (Å²) in [6.45, 7) is 2.16. The fourth-order valence-electron chi connectivity index (χ4n) is 2.01. The predicted molar refractivity (Wildman–Crippen MR) is 85.0 cm³/mol. The predicted octanol–water partition coefficient (Wildman–Crippen LogP) is 2.53. The number of anilines is 1. The number of azide groups is 1. The molecule has 0 unspecified atom stereocenters. The number of H-pyrrole nitrogens is 1. The van der Waals surface area contributed by atoms with Gasteiger partial charge in [0.1, 0.15) is 5.75 Å². The Labute approximate surface area is 132 Å². The topological polar surface area (TPSA) is 120 Å². The molecule has 0 aliphatic heterocycles. The molecule has 0 bridgehead atoms. The Balaban J connectivity index is 2.13. The third-order valence-electron chi connectivity index (χ3n) is 3.18. The van der Waals surface area contributed by atoms with Gasteiger partial charge in [-0.25, -0.2) is 0 Å². The van der Waals surface area contributed by atoms with Crippen LogP contribution in [0, 0.1) is 0 Å². The highest BCUT2D eigenvalue weighted by Crippen LogP contribution is 2.21. The van der Waals surface area contributed by atoms with Gasteiger partial charge in [0.05, 0.1) is 7.11 Å². The number of benzene rings is 1. The van der Waals surface area contributed by atoms with Crippen LogP contribution in [0.1, 0.15) is 13.3 Å². The first-order chi connectivity index (χ1) is 11.2. The van der Waals surface area contributed by atoms with Gasteiger partial charge in [0.15, 0.2) is 5.82 Å². The molecule has 0 fully saturated rings.